The maximum atomic E-state index is 13.0. The normalized spacial score (nSPS) is 11.2. The van der Waals surface area contributed by atoms with Gasteiger partial charge in [-0.2, -0.15) is 18.3 Å². The van der Waals surface area contributed by atoms with Crippen molar-refractivity contribution in [2.75, 3.05) is 5.32 Å². The molecule has 0 saturated heterocycles. The number of hydrazone groups is 1. The van der Waals surface area contributed by atoms with Crippen molar-refractivity contribution in [3.05, 3.63) is 129 Å². The van der Waals surface area contributed by atoms with E-state index in [-0.39, 0.29) is 22.6 Å². The Morgan fingerprint density at radius 2 is 1.45 bits per heavy atom. The number of alkyl halides is 3. The third-order valence-corrected chi connectivity index (χ3v) is 5.93. The summed E-state index contributed by atoms with van der Waals surface area (Å²) in [6, 6.07) is 23.1. The van der Waals surface area contributed by atoms with E-state index in [1.54, 1.807) is 48.5 Å². The van der Waals surface area contributed by atoms with Crippen LogP contribution in [0.4, 0.5) is 18.9 Å². The summed E-state index contributed by atoms with van der Waals surface area (Å²) in [5.41, 5.74) is 2.32. The minimum atomic E-state index is -4.59. The SMILES string of the molecule is O=C(NN=Cc1ccccc1OC(=O)c1ccc(Br)cc1)c1cccc(NC(=O)c2cccc(C(F)(F)F)c2)c1. The Bertz CT molecular complexity index is 1590. The van der Waals surface area contributed by atoms with Crippen LogP contribution < -0.4 is 15.5 Å². The number of nitrogens with one attached hydrogen (secondary N) is 2. The molecule has 40 heavy (non-hydrogen) atoms. The monoisotopic (exact) mass is 609 g/mol. The zero-order chi connectivity index (χ0) is 28.7. The maximum Gasteiger partial charge on any atom is 0.416 e. The minimum Gasteiger partial charge on any atom is -0.422 e. The zero-order valence-corrected chi connectivity index (χ0v) is 22.0. The molecule has 2 N–H and O–H groups in total. The first-order valence-corrected chi connectivity index (χ1v) is 12.4. The van der Waals surface area contributed by atoms with Gasteiger partial charge in [0.2, 0.25) is 0 Å². The lowest BCUT2D eigenvalue weighted by Crippen LogP contribution is -2.18. The van der Waals surface area contributed by atoms with Crippen molar-refractivity contribution in [1.29, 1.82) is 0 Å². The zero-order valence-electron chi connectivity index (χ0n) is 20.4. The van der Waals surface area contributed by atoms with E-state index in [9.17, 15) is 27.6 Å². The standard InChI is InChI=1S/C29H19BrF3N3O4/c30-23-13-11-18(12-14-23)28(39)40-25-10-2-1-5-21(25)17-34-36-27(38)20-7-4-9-24(16-20)35-26(37)19-6-3-8-22(15-19)29(31,32)33/h1-17H,(H,35,37)(H,36,38). The molecule has 2 amide bonds. The van der Waals surface area contributed by atoms with Crippen LogP contribution in [0.25, 0.3) is 0 Å². The Kier molecular flexibility index (Phi) is 8.75. The number of halogens is 4. The molecule has 0 aromatic heterocycles. The maximum absolute atomic E-state index is 13.0. The second kappa shape index (κ2) is 12.4. The van der Waals surface area contributed by atoms with Crippen molar-refractivity contribution in [2.24, 2.45) is 5.10 Å². The van der Waals surface area contributed by atoms with Gasteiger partial charge in [-0.25, -0.2) is 10.2 Å². The van der Waals surface area contributed by atoms with Gasteiger partial charge in [0.1, 0.15) is 5.75 Å². The highest BCUT2D eigenvalue weighted by atomic mass is 79.9. The molecule has 0 radical (unpaired) electrons. The summed E-state index contributed by atoms with van der Waals surface area (Å²) >= 11 is 3.31. The summed E-state index contributed by atoms with van der Waals surface area (Å²) < 4.78 is 45.2. The Morgan fingerprint density at radius 1 is 0.775 bits per heavy atom. The van der Waals surface area contributed by atoms with E-state index >= 15 is 0 Å². The number of rotatable bonds is 7. The van der Waals surface area contributed by atoms with Crippen molar-refractivity contribution < 1.29 is 32.3 Å². The van der Waals surface area contributed by atoms with Crippen molar-refractivity contribution in [2.45, 2.75) is 6.18 Å². The molecule has 4 aromatic rings. The summed E-state index contributed by atoms with van der Waals surface area (Å²) in [4.78, 5) is 37.6. The molecule has 0 spiro atoms. The Morgan fingerprint density at radius 3 is 2.17 bits per heavy atom. The van der Waals surface area contributed by atoms with Gasteiger partial charge in [-0.15, -0.1) is 0 Å². The van der Waals surface area contributed by atoms with E-state index in [0.717, 1.165) is 22.7 Å². The van der Waals surface area contributed by atoms with Crippen molar-refractivity contribution in [3.8, 4) is 5.75 Å². The van der Waals surface area contributed by atoms with E-state index in [1.165, 1.54) is 36.5 Å². The lowest BCUT2D eigenvalue weighted by Gasteiger charge is -2.10. The van der Waals surface area contributed by atoms with E-state index in [4.69, 9.17) is 4.74 Å². The lowest BCUT2D eigenvalue weighted by atomic mass is 10.1. The third kappa shape index (κ3) is 7.41. The fraction of sp³-hybridized carbons (Fsp3) is 0.0345. The highest BCUT2D eigenvalue weighted by molar-refractivity contribution is 9.10. The van der Waals surface area contributed by atoms with Crippen molar-refractivity contribution in [1.82, 2.24) is 5.43 Å². The first kappa shape index (κ1) is 28.2. The highest BCUT2D eigenvalue weighted by Crippen LogP contribution is 2.29. The van der Waals surface area contributed by atoms with Gasteiger partial charge in [-0.3, -0.25) is 9.59 Å². The molecule has 0 fully saturated rings. The Hall–Kier alpha value is -4.77. The number of esters is 1. The van der Waals surface area contributed by atoms with Gasteiger partial charge in [0.15, 0.2) is 0 Å². The summed E-state index contributed by atoms with van der Waals surface area (Å²) in [5, 5.41) is 6.41. The average Bonchev–Trinajstić information content (AvgIpc) is 2.94. The minimum absolute atomic E-state index is 0.133. The molecule has 0 aliphatic carbocycles. The van der Waals surface area contributed by atoms with E-state index in [2.05, 4.69) is 31.8 Å². The van der Waals surface area contributed by atoms with Crippen LogP contribution >= 0.6 is 15.9 Å². The van der Waals surface area contributed by atoms with Gasteiger partial charge >= 0.3 is 12.1 Å². The molecule has 0 heterocycles. The van der Waals surface area contributed by atoms with Crippen LogP contribution in [0, 0.1) is 0 Å². The van der Waals surface area contributed by atoms with Crippen LogP contribution in [0.1, 0.15) is 42.2 Å². The molecule has 202 valence electrons. The molecule has 0 saturated carbocycles. The quantitative estimate of drug-likeness (QED) is 0.105. The summed E-state index contributed by atoms with van der Waals surface area (Å²) in [6.07, 6.45) is -3.28. The molecule has 4 rings (SSSR count). The topological polar surface area (TPSA) is 96.9 Å². The number of nitrogens with zero attached hydrogens (tertiary/aromatic N) is 1. The number of hydrogen-bond acceptors (Lipinski definition) is 5. The number of carbonyl (C=O) groups excluding carboxylic acids is 3. The number of benzene rings is 4. The predicted octanol–water partition coefficient (Wildman–Crippen LogP) is 6.70. The molecule has 0 aliphatic rings. The summed E-state index contributed by atoms with van der Waals surface area (Å²) in [6.45, 7) is 0. The van der Waals surface area contributed by atoms with Gasteiger partial charge in [0, 0.05) is 26.9 Å². The van der Waals surface area contributed by atoms with Gasteiger partial charge < -0.3 is 10.1 Å². The van der Waals surface area contributed by atoms with E-state index in [0.29, 0.717) is 11.1 Å². The van der Waals surface area contributed by atoms with E-state index < -0.39 is 29.5 Å². The third-order valence-electron chi connectivity index (χ3n) is 5.41. The number of anilines is 1. The molecule has 0 unspecified atom stereocenters. The smallest absolute Gasteiger partial charge is 0.416 e. The molecule has 0 aliphatic heterocycles. The number of carbonyl (C=O) groups is 3. The van der Waals surface area contributed by atoms with Gasteiger partial charge in [0.25, 0.3) is 11.8 Å². The van der Waals surface area contributed by atoms with Gasteiger partial charge in [0.05, 0.1) is 17.3 Å². The highest BCUT2D eigenvalue weighted by Gasteiger charge is 2.30. The van der Waals surface area contributed by atoms with Crippen molar-refractivity contribution >= 4 is 45.6 Å². The molecular formula is C29H19BrF3N3O4. The van der Waals surface area contributed by atoms with Crippen LogP contribution in [0.15, 0.2) is 107 Å². The second-order valence-corrected chi connectivity index (χ2v) is 9.16. The van der Waals surface area contributed by atoms with Crippen LogP contribution in [0.5, 0.6) is 5.75 Å². The first-order chi connectivity index (χ1) is 19.1. The summed E-state index contributed by atoms with van der Waals surface area (Å²) in [7, 11) is 0. The van der Waals surface area contributed by atoms with E-state index in [1.807, 2.05) is 0 Å². The second-order valence-electron chi connectivity index (χ2n) is 8.25. The number of ether oxygens (including phenoxy) is 1. The van der Waals surface area contributed by atoms with Crippen LogP contribution in [0.2, 0.25) is 0 Å². The number of para-hydroxylation sites is 1. The van der Waals surface area contributed by atoms with Gasteiger partial charge in [-0.1, -0.05) is 40.2 Å². The van der Waals surface area contributed by atoms with Gasteiger partial charge in [-0.05, 0) is 72.8 Å². The molecule has 0 bridgehead atoms. The molecular weight excluding hydrogens is 591 g/mol. The lowest BCUT2D eigenvalue weighted by molar-refractivity contribution is -0.137. The van der Waals surface area contributed by atoms with Crippen LogP contribution in [0.3, 0.4) is 0 Å². The molecule has 0 atom stereocenters. The fourth-order valence-electron chi connectivity index (χ4n) is 3.43. The first-order valence-electron chi connectivity index (χ1n) is 11.6. The van der Waals surface area contributed by atoms with Crippen LogP contribution in [-0.4, -0.2) is 24.0 Å². The largest absolute Gasteiger partial charge is 0.422 e. The average molecular weight is 610 g/mol. The number of hydrogen-bond donors (Lipinski definition) is 2. The Balaban J connectivity index is 1.40. The number of amides is 2. The fourth-order valence-corrected chi connectivity index (χ4v) is 3.69. The summed E-state index contributed by atoms with van der Waals surface area (Å²) in [5.74, 6) is -1.72. The molecule has 11 heteroatoms. The molecule has 4 aromatic carbocycles. The van der Waals surface area contributed by atoms with Crippen molar-refractivity contribution in [3.63, 3.8) is 0 Å². The predicted molar refractivity (Wildman–Crippen MR) is 146 cm³/mol. The van der Waals surface area contributed by atoms with Crippen LogP contribution in [-0.2, 0) is 6.18 Å². The Labute approximate surface area is 234 Å². The molecule has 7 nitrogen and oxygen atoms in total.